The van der Waals surface area contributed by atoms with Crippen molar-refractivity contribution in [1.29, 1.82) is 0 Å². The lowest BCUT2D eigenvalue weighted by Crippen LogP contribution is -2.12. The molecule has 0 unspecified atom stereocenters. The molecule has 4 aromatic rings. The summed E-state index contributed by atoms with van der Waals surface area (Å²) in [5.41, 5.74) is 3.67. The number of pyridine rings is 1. The van der Waals surface area contributed by atoms with Gasteiger partial charge in [0.15, 0.2) is 0 Å². The Kier molecular flexibility index (Phi) is 6.21. The van der Waals surface area contributed by atoms with E-state index < -0.39 is 0 Å². The Morgan fingerprint density at radius 1 is 0.903 bits per heavy atom. The van der Waals surface area contributed by atoms with Crippen LogP contribution in [-0.2, 0) is 0 Å². The molecule has 0 aliphatic rings. The zero-order chi connectivity index (χ0) is 21.8. The molecule has 6 heteroatoms. The summed E-state index contributed by atoms with van der Waals surface area (Å²) in [5, 5.41) is 4.96. The molecule has 1 amide bonds. The maximum atomic E-state index is 12.9. The van der Waals surface area contributed by atoms with Crippen LogP contribution in [0.4, 0.5) is 5.82 Å². The third-order valence-corrected chi connectivity index (χ3v) is 5.36. The first-order valence-corrected chi connectivity index (χ1v) is 10.4. The molecule has 0 atom stereocenters. The third kappa shape index (κ3) is 4.88. The minimum atomic E-state index is -0.260. The molecule has 0 fully saturated rings. The molecule has 154 valence electrons. The highest BCUT2D eigenvalue weighted by molar-refractivity contribution is 6.39. The Labute approximate surface area is 190 Å². The van der Waals surface area contributed by atoms with E-state index >= 15 is 0 Å². The zero-order valence-corrected chi connectivity index (χ0v) is 18.2. The minimum Gasteiger partial charge on any atom is -0.361 e. The van der Waals surface area contributed by atoms with E-state index in [1.54, 1.807) is 42.6 Å². The average molecular weight is 448 g/mol. The van der Waals surface area contributed by atoms with Gasteiger partial charge in [0.1, 0.15) is 5.82 Å². The largest absolute Gasteiger partial charge is 0.361 e. The number of para-hydroxylation sites is 1. The molecule has 0 aliphatic carbocycles. The Morgan fingerprint density at radius 2 is 1.68 bits per heavy atom. The molecule has 2 heterocycles. The van der Waals surface area contributed by atoms with Gasteiger partial charge < -0.3 is 10.3 Å². The second kappa shape index (κ2) is 9.21. The van der Waals surface area contributed by atoms with Crippen LogP contribution in [0.5, 0.6) is 0 Å². The summed E-state index contributed by atoms with van der Waals surface area (Å²) >= 11 is 12.7. The number of nitrogens with one attached hydrogen (secondary N) is 2. The number of hydrogen-bond donors (Lipinski definition) is 2. The van der Waals surface area contributed by atoms with E-state index in [-0.39, 0.29) is 5.91 Å². The summed E-state index contributed by atoms with van der Waals surface area (Å²) < 4.78 is 0. The lowest BCUT2D eigenvalue weighted by Gasteiger charge is -2.06. The van der Waals surface area contributed by atoms with Crippen molar-refractivity contribution >= 4 is 45.8 Å². The van der Waals surface area contributed by atoms with Crippen molar-refractivity contribution in [3.05, 3.63) is 106 Å². The molecule has 0 saturated carbocycles. The van der Waals surface area contributed by atoms with Crippen LogP contribution >= 0.6 is 23.2 Å². The van der Waals surface area contributed by atoms with Crippen LogP contribution in [0.1, 0.15) is 15.9 Å². The molecule has 0 aliphatic heterocycles. The van der Waals surface area contributed by atoms with Gasteiger partial charge >= 0.3 is 0 Å². The molecule has 2 aromatic carbocycles. The monoisotopic (exact) mass is 447 g/mol. The second-order valence-electron chi connectivity index (χ2n) is 7.01. The number of carbonyl (C=O) groups is 1. The smallest absolute Gasteiger partial charge is 0.256 e. The number of nitrogens with zero attached hydrogens (tertiary/aromatic N) is 1. The lowest BCUT2D eigenvalue weighted by molar-refractivity contribution is 0.102. The van der Waals surface area contributed by atoms with Crippen LogP contribution in [-0.4, -0.2) is 15.9 Å². The molecule has 0 spiro atoms. The molecular weight excluding hydrogens is 429 g/mol. The molecule has 0 radical (unpaired) electrons. The van der Waals surface area contributed by atoms with Crippen molar-refractivity contribution in [2.24, 2.45) is 0 Å². The fraction of sp³-hybridized carbons (Fsp3) is 0.0400. The average Bonchev–Trinajstić information content (AvgIpc) is 2.84. The van der Waals surface area contributed by atoms with Crippen LogP contribution in [0.25, 0.3) is 22.2 Å². The number of aryl methyl sites for hydroxylation is 1. The number of H-pyrrole nitrogens is 1. The zero-order valence-electron chi connectivity index (χ0n) is 16.7. The van der Waals surface area contributed by atoms with Crippen molar-refractivity contribution in [2.45, 2.75) is 6.92 Å². The highest BCUT2D eigenvalue weighted by Crippen LogP contribution is 2.33. The number of fused-ring (bicyclic) bond motifs is 1. The lowest BCUT2D eigenvalue weighted by atomic mass is 10.1. The predicted octanol–water partition coefficient (Wildman–Crippen LogP) is 7.22. The highest BCUT2D eigenvalue weighted by Gasteiger charge is 2.09. The summed E-state index contributed by atoms with van der Waals surface area (Å²) in [4.78, 5) is 20.6. The fourth-order valence-corrected chi connectivity index (χ4v) is 3.79. The predicted molar refractivity (Wildman–Crippen MR) is 128 cm³/mol. The molecule has 2 N–H and O–H groups in total. The Bertz CT molecular complexity index is 1310. The minimum absolute atomic E-state index is 0.260. The van der Waals surface area contributed by atoms with Crippen LogP contribution in [0, 0.1) is 6.92 Å². The van der Waals surface area contributed by atoms with Crippen LogP contribution in [0.3, 0.4) is 0 Å². The van der Waals surface area contributed by atoms with Gasteiger partial charge in [-0.25, -0.2) is 4.98 Å². The first-order chi connectivity index (χ1) is 15.0. The van der Waals surface area contributed by atoms with E-state index in [4.69, 9.17) is 23.2 Å². The summed E-state index contributed by atoms with van der Waals surface area (Å²) in [7, 11) is 0. The van der Waals surface area contributed by atoms with Crippen LogP contribution in [0.2, 0.25) is 10.0 Å². The number of amides is 1. The quantitative estimate of drug-likeness (QED) is 0.348. The van der Waals surface area contributed by atoms with Gasteiger partial charge in [-0.3, -0.25) is 4.79 Å². The SMILES string of the molecule is Cc1ccc(C(=O)Nc2ccc3ccccc3n2)cc[nH]c(-c2c(Cl)cccc2Cl)c1. The van der Waals surface area contributed by atoms with Crippen molar-refractivity contribution in [3.63, 3.8) is 0 Å². The molecule has 0 saturated heterocycles. The number of anilines is 1. The van der Waals surface area contributed by atoms with Gasteiger partial charge in [0.2, 0.25) is 0 Å². The fourth-order valence-electron chi connectivity index (χ4n) is 3.19. The number of rotatable bonds is 3. The first kappa shape index (κ1) is 20.9. The summed E-state index contributed by atoms with van der Waals surface area (Å²) in [6.07, 6.45) is 1.69. The standard InChI is InChI=1S/C25H19Cl2N3O/c1-16-9-10-18(13-14-28-22(15-16)24-19(26)6-4-7-20(24)27)25(31)30-23-12-11-17-5-2-3-8-21(17)29-23/h2-15,28H,1H3,(H,29,30,31). The normalized spacial score (nSPS) is 10.5. The van der Waals surface area contributed by atoms with E-state index in [1.807, 2.05) is 49.4 Å². The van der Waals surface area contributed by atoms with Crippen LogP contribution < -0.4 is 5.32 Å². The molecule has 4 rings (SSSR count). The first-order valence-electron chi connectivity index (χ1n) is 9.66. The Hall–Kier alpha value is -3.34. The second-order valence-corrected chi connectivity index (χ2v) is 7.82. The van der Waals surface area contributed by atoms with Crippen molar-refractivity contribution in [3.8, 4) is 11.3 Å². The van der Waals surface area contributed by atoms with E-state index in [0.717, 1.165) is 22.2 Å². The van der Waals surface area contributed by atoms with E-state index in [9.17, 15) is 4.79 Å². The molecular formula is C25H19Cl2N3O. The van der Waals surface area contributed by atoms with E-state index in [2.05, 4.69) is 15.3 Å². The van der Waals surface area contributed by atoms with Gasteiger partial charge in [0.25, 0.3) is 5.91 Å². The number of carbonyl (C=O) groups excluding carboxylic acids is 1. The van der Waals surface area contributed by atoms with Crippen LogP contribution in [0.15, 0.2) is 85.1 Å². The summed E-state index contributed by atoms with van der Waals surface area (Å²) in [5.74, 6) is 0.234. The number of halogens is 2. The topological polar surface area (TPSA) is 57.8 Å². The number of benzene rings is 2. The van der Waals surface area contributed by atoms with Gasteiger partial charge in [-0.1, -0.05) is 53.5 Å². The highest BCUT2D eigenvalue weighted by atomic mass is 35.5. The maximum Gasteiger partial charge on any atom is 0.256 e. The van der Waals surface area contributed by atoms with Gasteiger partial charge in [-0.2, -0.15) is 0 Å². The van der Waals surface area contributed by atoms with E-state index in [0.29, 0.717) is 27.0 Å². The van der Waals surface area contributed by atoms with Crippen molar-refractivity contribution < 1.29 is 4.79 Å². The Balaban J connectivity index is 1.68. The van der Waals surface area contributed by atoms with Crippen molar-refractivity contribution in [1.82, 2.24) is 9.97 Å². The maximum absolute atomic E-state index is 12.9. The number of hydrogen-bond acceptors (Lipinski definition) is 2. The van der Waals surface area contributed by atoms with E-state index in [1.165, 1.54) is 0 Å². The number of aromatic amines is 1. The van der Waals surface area contributed by atoms with Gasteiger partial charge in [-0.15, -0.1) is 0 Å². The molecule has 31 heavy (non-hydrogen) atoms. The molecule has 4 nitrogen and oxygen atoms in total. The van der Waals surface area contributed by atoms with Crippen molar-refractivity contribution in [2.75, 3.05) is 5.32 Å². The molecule has 0 bridgehead atoms. The summed E-state index contributed by atoms with van der Waals surface area (Å²) in [6.45, 7) is 1.94. The van der Waals surface area contributed by atoms with Gasteiger partial charge in [0.05, 0.1) is 15.6 Å². The van der Waals surface area contributed by atoms with Gasteiger partial charge in [-0.05, 0) is 61.0 Å². The Morgan fingerprint density at radius 3 is 2.48 bits per heavy atom. The number of aromatic nitrogens is 2. The third-order valence-electron chi connectivity index (χ3n) is 4.73. The van der Waals surface area contributed by atoms with Gasteiger partial charge in [0, 0.05) is 28.4 Å². The molecule has 2 aromatic heterocycles. The summed E-state index contributed by atoms with van der Waals surface area (Å²) in [6, 6.07) is 24.1.